The Bertz CT molecular complexity index is 174. The van der Waals surface area contributed by atoms with E-state index in [1.807, 2.05) is 0 Å². The lowest BCUT2D eigenvalue weighted by Gasteiger charge is -2.25. The van der Waals surface area contributed by atoms with Crippen LogP contribution in [0.2, 0.25) is 0 Å². The molecule has 2 atom stereocenters. The number of aliphatic hydroxyl groups is 2. The summed E-state index contributed by atoms with van der Waals surface area (Å²) in [6, 6.07) is 0. The van der Waals surface area contributed by atoms with Crippen LogP contribution in [0.5, 0.6) is 0 Å². The maximum absolute atomic E-state index is 9.31. The first-order chi connectivity index (χ1) is 8.22. The minimum absolute atomic E-state index is 0.0188. The summed E-state index contributed by atoms with van der Waals surface area (Å²) < 4.78 is 0. The Hall–Kier alpha value is -0.0800. The Morgan fingerprint density at radius 1 is 0.824 bits per heavy atom. The highest BCUT2D eigenvalue weighted by atomic mass is 16.3. The zero-order chi connectivity index (χ0) is 12.5. The fourth-order valence-electron chi connectivity index (χ4n) is 3.01. The third kappa shape index (κ3) is 7.05. The molecule has 17 heavy (non-hydrogen) atoms. The van der Waals surface area contributed by atoms with Crippen molar-refractivity contribution < 1.29 is 10.2 Å². The Morgan fingerprint density at radius 2 is 1.47 bits per heavy atom. The van der Waals surface area contributed by atoms with Crippen molar-refractivity contribution in [2.45, 2.75) is 89.8 Å². The molecule has 2 unspecified atom stereocenters. The predicted octanol–water partition coefficient (Wildman–Crippen LogP) is 3.65. The first-order valence-electron chi connectivity index (χ1n) is 7.58. The van der Waals surface area contributed by atoms with Crippen molar-refractivity contribution in [3.8, 4) is 0 Å². The van der Waals surface area contributed by atoms with E-state index >= 15 is 0 Å². The van der Waals surface area contributed by atoms with Gasteiger partial charge in [0.05, 0.1) is 12.2 Å². The molecule has 0 aromatic carbocycles. The van der Waals surface area contributed by atoms with Crippen molar-refractivity contribution in [3.63, 3.8) is 0 Å². The number of hydrogen-bond acceptors (Lipinski definition) is 2. The van der Waals surface area contributed by atoms with Gasteiger partial charge in [-0.3, -0.25) is 0 Å². The summed E-state index contributed by atoms with van der Waals surface area (Å²) in [4.78, 5) is 0. The highest BCUT2D eigenvalue weighted by Crippen LogP contribution is 2.27. The monoisotopic (exact) mass is 242 g/mol. The first kappa shape index (κ1) is 15.0. The molecule has 0 spiro atoms. The second kappa shape index (κ2) is 8.93. The lowest BCUT2D eigenvalue weighted by atomic mass is 9.85. The van der Waals surface area contributed by atoms with E-state index in [1.165, 1.54) is 44.9 Å². The Balaban J connectivity index is 0.000000181. The van der Waals surface area contributed by atoms with Crippen molar-refractivity contribution in [2.75, 3.05) is 0 Å². The molecule has 0 aromatic heterocycles. The van der Waals surface area contributed by atoms with E-state index in [2.05, 4.69) is 6.92 Å². The van der Waals surface area contributed by atoms with Crippen LogP contribution in [0.4, 0.5) is 0 Å². The summed E-state index contributed by atoms with van der Waals surface area (Å²) in [5, 5.41) is 18.2. The van der Waals surface area contributed by atoms with Gasteiger partial charge in [0.2, 0.25) is 0 Å². The standard InChI is InChI=1S/C9H18O.C6H12O/c1-2-4-8-5-3-6-9(10)7-8;7-6-4-2-1-3-5-6/h8-10H,2-7H2,1H3;6-7H,1-5H2. The van der Waals surface area contributed by atoms with Gasteiger partial charge in [0, 0.05) is 0 Å². The molecule has 2 saturated carbocycles. The largest absolute Gasteiger partial charge is 0.393 e. The minimum atomic E-state index is 0.0188. The smallest absolute Gasteiger partial charge is 0.0542 e. The van der Waals surface area contributed by atoms with Gasteiger partial charge in [0.25, 0.3) is 0 Å². The van der Waals surface area contributed by atoms with E-state index in [0.717, 1.165) is 31.6 Å². The van der Waals surface area contributed by atoms with E-state index in [0.29, 0.717) is 0 Å². The van der Waals surface area contributed by atoms with Crippen LogP contribution < -0.4 is 0 Å². The van der Waals surface area contributed by atoms with Crippen LogP contribution in [0, 0.1) is 5.92 Å². The average molecular weight is 242 g/mol. The molecular weight excluding hydrogens is 212 g/mol. The quantitative estimate of drug-likeness (QED) is 0.776. The van der Waals surface area contributed by atoms with Gasteiger partial charge in [-0.05, 0) is 31.6 Å². The summed E-state index contributed by atoms with van der Waals surface area (Å²) in [5.74, 6) is 0.828. The third-order valence-corrected chi connectivity index (χ3v) is 4.03. The summed E-state index contributed by atoms with van der Waals surface area (Å²) in [7, 11) is 0. The molecule has 0 saturated heterocycles. The number of hydrogen-bond donors (Lipinski definition) is 2. The van der Waals surface area contributed by atoms with Crippen LogP contribution >= 0.6 is 0 Å². The van der Waals surface area contributed by atoms with Gasteiger partial charge >= 0.3 is 0 Å². The molecule has 0 bridgehead atoms. The van der Waals surface area contributed by atoms with Crippen molar-refractivity contribution >= 4 is 0 Å². The van der Waals surface area contributed by atoms with Crippen molar-refractivity contribution in [2.24, 2.45) is 5.92 Å². The van der Waals surface area contributed by atoms with Gasteiger partial charge < -0.3 is 10.2 Å². The van der Waals surface area contributed by atoms with Crippen molar-refractivity contribution in [1.29, 1.82) is 0 Å². The summed E-state index contributed by atoms with van der Waals surface area (Å²) >= 11 is 0. The van der Waals surface area contributed by atoms with Crippen LogP contribution in [-0.2, 0) is 0 Å². The van der Waals surface area contributed by atoms with Crippen LogP contribution in [0.1, 0.15) is 77.6 Å². The lowest BCUT2D eigenvalue weighted by molar-refractivity contribution is 0.0981. The first-order valence-corrected chi connectivity index (χ1v) is 7.58. The molecular formula is C15H30O2. The zero-order valence-electron chi connectivity index (χ0n) is 11.4. The molecule has 0 amide bonds. The molecule has 2 N–H and O–H groups in total. The topological polar surface area (TPSA) is 40.5 Å². The molecule has 102 valence electrons. The average Bonchev–Trinajstić information content (AvgIpc) is 2.31. The van der Waals surface area contributed by atoms with E-state index < -0.39 is 0 Å². The van der Waals surface area contributed by atoms with Crippen LogP contribution in [0.25, 0.3) is 0 Å². The van der Waals surface area contributed by atoms with Gasteiger partial charge in [-0.25, -0.2) is 0 Å². The zero-order valence-corrected chi connectivity index (χ0v) is 11.4. The second-order valence-corrected chi connectivity index (χ2v) is 5.77. The van der Waals surface area contributed by atoms with Gasteiger partial charge in [-0.15, -0.1) is 0 Å². The normalized spacial score (nSPS) is 30.5. The van der Waals surface area contributed by atoms with Crippen molar-refractivity contribution in [1.82, 2.24) is 0 Å². The Kier molecular flexibility index (Phi) is 7.87. The fourth-order valence-corrected chi connectivity index (χ4v) is 3.01. The molecule has 2 fully saturated rings. The van der Waals surface area contributed by atoms with Crippen LogP contribution in [0.15, 0.2) is 0 Å². The maximum Gasteiger partial charge on any atom is 0.0542 e. The molecule has 0 radical (unpaired) electrons. The van der Waals surface area contributed by atoms with E-state index in [-0.39, 0.29) is 12.2 Å². The van der Waals surface area contributed by atoms with Gasteiger partial charge in [0.15, 0.2) is 0 Å². The highest BCUT2D eigenvalue weighted by Gasteiger charge is 2.18. The minimum Gasteiger partial charge on any atom is -0.393 e. The van der Waals surface area contributed by atoms with Gasteiger partial charge in [-0.1, -0.05) is 51.9 Å². The molecule has 2 rings (SSSR count). The van der Waals surface area contributed by atoms with E-state index in [9.17, 15) is 5.11 Å². The third-order valence-electron chi connectivity index (χ3n) is 4.03. The maximum atomic E-state index is 9.31. The fraction of sp³-hybridized carbons (Fsp3) is 1.00. The molecule has 2 aliphatic rings. The van der Waals surface area contributed by atoms with Gasteiger partial charge in [0.1, 0.15) is 0 Å². The Morgan fingerprint density at radius 3 is 1.94 bits per heavy atom. The molecule has 0 aromatic rings. The molecule has 2 aliphatic carbocycles. The summed E-state index contributed by atoms with van der Waals surface area (Å²) in [5.41, 5.74) is 0. The molecule has 0 heterocycles. The van der Waals surface area contributed by atoms with Gasteiger partial charge in [-0.2, -0.15) is 0 Å². The molecule has 2 heteroatoms. The van der Waals surface area contributed by atoms with Crippen molar-refractivity contribution in [3.05, 3.63) is 0 Å². The second-order valence-electron chi connectivity index (χ2n) is 5.77. The Labute approximate surface area is 106 Å². The number of aliphatic hydroxyl groups excluding tert-OH is 2. The number of rotatable bonds is 2. The van der Waals surface area contributed by atoms with Crippen LogP contribution in [-0.4, -0.2) is 22.4 Å². The predicted molar refractivity (Wildman–Crippen MR) is 72.0 cm³/mol. The molecule has 0 aliphatic heterocycles. The summed E-state index contributed by atoms with van der Waals surface area (Å²) in [6.45, 7) is 2.22. The highest BCUT2D eigenvalue weighted by molar-refractivity contribution is 4.71. The SMILES string of the molecule is CCCC1CCCC(O)C1.OC1CCCCC1. The lowest BCUT2D eigenvalue weighted by Crippen LogP contribution is -2.19. The van der Waals surface area contributed by atoms with E-state index in [4.69, 9.17) is 5.11 Å². The summed E-state index contributed by atoms with van der Waals surface area (Å²) in [6.07, 6.45) is 13.2. The molecule has 2 nitrogen and oxygen atoms in total. The van der Waals surface area contributed by atoms with E-state index in [1.54, 1.807) is 0 Å². The van der Waals surface area contributed by atoms with Crippen LogP contribution in [0.3, 0.4) is 0 Å².